The number of pyridine rings is 1. The van der Waals surface area contributed by atoms with Gasteiger partial charge in [-0.1, -0.05) is 0 Å². The lowest BCUT2D eigenvalue weighted by atomic mass is 10.2. The van der Waals surface area contributed by atoms with Gasteiger partial charge >= 0.3 is 6.18 Å². The van der Waals surface area contributed by atoms with Gasteiger partial charge in [0.1, 0.15) is 0 Å². The minimum atomic E-state index is -4.27. The van der Waals surface area contributed by atoms with Crippen molar-refractivity contribution in [3.63, 3.8) is 0 Å². The summed E-state index contributed by atoms with van der Waals surface area (Å²) in [5.74, 6) is -0.564. The molecule has 0 aliphatic carbocycles. The van der Waals surface area contributed by atoms with Crippen LogP contribution in [-0.4, -0.2) is 23.6 Å². The van der Waals surface area contributed by atoms with E-state index < -0.39 is 25.0 Å². The zero-order valence-electron chi connectivity index (χ0n) is 9.33. The van der Waals surface area contributed by atoms with Gasteiger partial charge in [0.15, 0.2) is 0 Å². The van der Waals surface area contributed by atoms with E-state index >= 15 is 0 Å². The number of aromatic nitrogens is 1. The number of carbonyl (C=O) groups excluding carboxylic acids is 1. The van der Waals surface area contributed by atoms with Gasteiger partial charge in [0.05, 0.1) is 12.1 Å². The SMILES string of the molecule is Cl.NCc1cc(C(=O)NCCC(F)(F)F)ccn1. The van der Waals surface area contributed by atoms with Crippen LogP contribution in [0.2, 0.25) is 0 Å². The Kier molecular flexibility index (Phi) is 6.64. The van der Waals surface area contributed by atoms with Gasteiger partial charge in [-0.25, -0.2) is 0 Å². The monoisotopic (exact) mass is 283 g/mol. The first-order valence-electron chi connectivity index (χ1n) is 4.92. The Bertz CT molecular complexity index is 398. The highest BCUT2D eigenvalue weighted by Gasteiger charge is 2.26. The van der Waals surface area contributed by atoms with Crippen molar-refractivity contribution in [1.29, 1.82) is 0 Å². The molecule has 0 saturated carbocycles. The third-order valence-corrected chi connectivity index (χ3v) is 1.98. The Morgan fingerprint density at radius 2 is 2.11 bits per heavy atom. The van der Waals surface area contributed by atoms with Crippen LogP contribution in [-0.2, 0) is 6.54 Å². The molecule has 0 saturated heterocycles. The van der Waals surface area contributed by atoms with Gasteiger partial charge < -0.3 is 11.1 Å². The summed E-state index contributed by atoms with van der Waals surface area (Å²) in [5.41, 5.74) is 6.09. The summed E-state index contributed by atoms with van der Waals surface area (Å²) in [7, 11) is 0. The fourth-order valence-corrected chi connectivity index (χ4v) is 1.15. The van der Waals surface area contributed by atoms with E-state index in [-0.39, 0.29) is 24.5 Å². The van der Waals surface area contributed by atoms with E-state index in [4.69, 9.17) is 5.73 Å². The summed E-state index contributed by atoms with van der Waals surface area (Å²) in [6.45, 7) is -0.272. The molecule has 1 aromatic rings. The van der Waals surface area contributed by atoms with Crippen LogP contribution in [0.25, 0.3) is 0 Å². The van der Waals surface area contributed by atoms with Crippen LogP contribution >= 0.6 is 12.4 Å². The van der Waals surface area contributed by atoms with Crippen molar-refractivity contribution >= 4 is 18.3 Å². The second kappa shape index (κ2) is 7.17. The summed E-state index contributed by atoms with van der Waals surface area (Å²) >= 11 is 0. The number of halogens is 4. The highest BCUT2D eigenvalue weighted by molar-refractivity contribution is 5.94. The molecular formula is C10H13ClF3N3O. The average Bonchev–Trinajstić information content (AvgIpc) is 2.27. The molecule has 1 aromatic heterocycles. The van der Waals surface area contributed by atoms with Crippen LogP contribution < -0.4 is 11.1 Å². The van der Waals surface area contributed by atoms with Gasteiger partial charge in [-0.05, 0) is 12.1 Å². The van der Waals surface area contributed by atoms with Crippen LogP contribution in [0, 0.1) is 0 Å². The largest absolute Gasteiger partial charge is 0.390 e. The summed E-state index contributed by atoms with van der Waals surface area (Å²) in [6.07, 6.45) is -3.93. The van der Waals surface area contributed by atoms with Gasteiger partial charge in [0.25, 0.3) is 5.91 Å². The minimum Gasteiger partial charge on any atom is -0.352 e. The second-order valence-corrected chi connectivity index (χ2v) is 3.36. The molecule has 0 fully saturated rings. The number of alkyl halides is 3. The highest BCUT2D eigenvalue weighted by atomic mass is 35.5. The molecule has 1 heterocycles. The first kappa shape index (κ1) is 16.7. The van der Waals surface area contributed by atoms with Crippen molar-refractivity contribution in [2.24, 2.45) is 5.73 Å². The average molecular weight is 284 g/mol. The fraction of sp³-hybridized carbons (Fsp3) is 0.400. The summed E-state index contributed by atoms with van der Waals surface area (Å²) < 4.78 is 35.5. The van der Waals surface area contributed by atoms with Crippen molar-refractivity contribution in [1.82, 2.24) is 10.3 Å². The minimum absolute atomic E-state index is 0. The Hall–Kier alpha value is -1.34. The van der Waals surface area contributed by atoms with Crippen LogP contribution in [0.4, 0.5) is 13.2 Å². The van der Waals surface area contributed by atoms with Crippen LogP contribution in [0.1, 0.15) is 22.5 Å². The Morgan fingerprint density at radius 1 is 1.44 bits per heavy atom. The number of nitrogens with two attached hydrogens (primary N) is 1. The number of hydrogen-bond donors (Lipinski definition) is 2. The zero-order valence-corrected chi connectivity index (χ0v) is 10.1. The molecule has 18 heavy (non-hydrogen) atoms. The van der Waals surface area contributed by atoms with Crippen molar-refractivity contribution in [3.8, 4) is 0 Å². The maximum Gasteiger partial charge on any atom is 0.390 e. The quantitative estimate of drug-likeness (QED) is 0.883. The van der Waals surface area contributed by atoms with E-state index in [1.54, 1.807) is 0 Å². The number of nitrogens with one attached hydrogen (secondary N) is 1. The lowest BCUT2D eigenvalue weighted by Crippen LogP contribution is -2.28. The molecule has 1 amide bonds. The third-order valence-electron chi connectivity index (χ3n) is 1.98. The van der Waals surface area contributed by atoms with Gasteiger partial charge in [0.2, 0.25) is 0 Å². The number of amides is 1. The van der Waals surface area contributed by atoms with Crippen LogP contribution in [0.3, 0.4) is 0 Å². The van der Waals surface area contributed by atoms with Gasteiger partial charge in [-0.3, -0.25) is 9.78 Å². The number of nitrogens with zero attached hydrogens (tertiary/aromatic N) is 1. The molecule has 0 aromatic carbocycles. The number of carbonyl (C=O) groups is 1. The Balaban J connectivity index is 0.00000289. The van der Waals surface area contributed by atoms with Gasteiger partial charge in [0, 0.05) is 24.8 Å². The van der Waals surface area contributed by atoms with E-state index in [1.807, 2.05) is 0 Å². The van der Waals surface area contributed by atoms with Crippen molar-refractivity contribution in [3.05, 3.63) is 29.6 Å². The molecular weight excluding hydrogens is 271 g/mol. The molecule has 8 heteroatoms. The molecule has 102 valence electrons. The maximum atomic E-state index is 11.8. The second-order valence-electron chi connectivity index (χ2n) is 3.36. The van der Waals surface area contributed by atoms with Gasteiger partial charge in [-0.15, -0.1) is 12.4 Å². The first-order chi connectivity index (χ1) is 7.92. The van der Waals surface area contributed by atoms with E-state index in [0.29, 0.717) is 5.69 Å². The molecule has 0 aliphatic heterocycles. The lowest BCUT2D eigenvalue weighted by molar-refractivity contribution is -0.132. The maximum absolute atomic E-state index is 11.8. The molecule has 0 aliphatic rings. The van der Waals surface area contributed by atoms with Crippen molar-refractivity contribution < 1.29 is 18.0 Å². The van der Waals surface area contributed by atoms with E-state index in [0.717, 1.165) is 0 Å². The summed E-state index contributed by atoms with van der Waals surface area (Å²) in [6, 6.07) is 2.87. The molecule has 4 nitrogen and oxygen atoms in total. The Morgan fingerprint density at radius 3 is 2.67 bits per heavy atom. The fourth-order valence-electron chi connectivity index (χ4n) is 1.15. The normalized spacial score (nSPS) is 10.7. The van der Waals surface area contributed by atoms with E-state index in [2.05, 4.69) is 10.3 Å². The smallest absolute Gasteiger partial charge is 0.352 e. The van der Waals surface area contributed by atoms with Crippen LogP contribution in [0.15, 0.2) is 18.3 Å². The van der Waals surface area contributed by atoms with Crippen molar-refractivity contribution in [2.45, 2.75) is 19.1 Å². The highest BCUT2D eigenvalue weighted by Crippen LogP contribution is 2.18. The standard InChI is InChI=1S/C10H12F3N3O.ClH/c11-10(12,13)2-4-16-9(17)7-1-3-15-8(5-7)6-14;/h1,3,5H,2,4,6,14H2,(H,16,17);1H. The predicted molar refractivity (Wildman–Crippen MR) is 62.4 cm³/mol. The first-order valence-corrected chi connectivity index (χ1v) is 4.92. The zero-order chi connectivity index (χ0) is 12.9. The summed E-state index contributed by atoms with van der Waals surface area (Å²) in [5, 5.41) is 2.18. The molecule has 0 bridgehead atoms. The van der Waals surface area contributed by atoms with E-state index in [9.17, 15) is 18.0 Å². The van der Waals surface area contributed by atoms with Crippen molar-refractivity contribution in [2.75, 3.05) is 6.54 Å². The molecule has 1 rings (SSSR count). The van der Waals surface area contributed by atoms with E-state index in [1.165, 1.54) is 18.3 Å². The molecule has 3 N–H and O–H groups in total. The molecule has 0 atom stereocenters. The Labute approximate surface area is 108 Å². The molecule has 0 radical (unpaired) electrons. The predicted octanol–water partition coefficient (Wildman–Crippen LogP) is 1.64. The number of hydrogen-bond acceptors (Lipinski definition) is 3. The topological polar surface area (TPSA) is 68.0 Å². The third kappa shape index (κ3) is 5.83. The summed E-state index contributed by atoms with van der Waals surface area (Å²) in [4.78, 5) is 15.3. The lowest BCUT2D eigenvalue weighted by Gasteiger charge is -2.08. The number of rotatable bonds is 4. The van der Waals surface area contributed by atoms with Gasteiger partial charge in [-0.2, -0.15) is 13.2 Å². The molecule has 0 unspecified atom stereocenters. The molecule has 0 spiro atoms. The van der Waals surface area contributed by atoms with Crippen LogP contribution in [0.5, 0.6) is 0 Å².